The zero-order valence-corrected chi connectivity index (χ0v) is 16.9. The zero-order valence-electron chi connectivity index (χ0n) is 16.0. The number of nitrogens with one attached hydrogen (secondary N) is 2. The van der Waals surface area contributed by atoms with E-state index in [2.05, 4.69) is 10.6 Å². The fraction of sp³-hybridized carbons (Fsp3) is 0.500. The van der Waals surface area contributed by atoms with Crippen LogP contribution in [-0.4, -0.2) is 83.3 Å². The monoisotopic (exact) mass is 429 g/mol. The number of carbonyl (C=O) groups excluding carboxylic acids is 3. The number of amides is 4. The van der Waals surface area contributed by atoms with E-state index in [0.717, 1.165) is 11.1 Å². The molecule has 0 aliphatic carbocycles. The van der Waals surface area contributed by atoms with Crippen LogP contribution in [-0.2, 0) is 22.7 Å². The summed E-state index contributed by atoms with van der Waals surface area (Å²) in [6, 6.07) is 7.48. The van der Waals surface area contributed by atoms with Crippen LogP contribution in [0.3, 0.4) is 0 Å². The quantitative estimate of drug-likeness (QED) is 0.352. The van der Waals surface area contributed by atoms with Crippen LogP contribution in [0.4, 0.5) is 4.79 Å². The third-order valence-electron chi connectivity index (χ3n) is 4.51. The Kier molecular flexibility index (Phi) is 10.4. The molecule has 6 N–H and O–H groups in total. The fourth-order valence-electron chi connectivity index (χ4n) is 2.72. The number of halogens is 1. The molecule has 1 aromatic rings. The predicted octanol–water partition coefficient (Wildman–Crippen LogP) is -1.61. The molecule has 29 heavy (non-hydrogen) atoms. The van der Waals surface area contributed by atoms with E-state index < -0.39 is 18.6 Å². The lowest BCUT2D eigenvalue weighted by molar-refractivity contribution is -0.137. The van der Waals surface area contributed by atoms with Crippen LogP contribution in [0.1, 0.15) is 11.1 Å². The molecule has 0 radical (unpaired) electrons. The van der Waals surface area contributed by atoms with E-state index in [1.165, 1.54) is 0 Å². The van der Waals surface area contributed by atoms with Gasteiger partial charge in [0, 0.05) is 39.3 Å². The largest absolute Gasteiger partial charge is 0.393 e. The second-order valence-corrected chi connectivity index (χ2v) is 6.46. The van der Waals surface area contributed by atoms with Crippen molar-refractivity contribution in [2.24, 2.45) is 5.73 Å². The normalized spacial score (nSPS) is 14.6. The van der Waals surface area contributed by atoms with Crippen molar-refractivity contribution in [2.75, 3.05) is 39.3 Å². The van der Waals surface area contributed by atoms with Gasteiger partial charge < -0.3 is 36.4 Å². The number of carbonyl (C=O) groups is 3. The topological polar surface area (TPSA) is 148 Å². The molecule has 0 bridgehead atoms. The number of benzene rings is 1. The van der Waals surface area contributed by atoms with E-state index in [1.54, 1.807) is 9.80 Å². The Balaban J connectivity index is 0.00000420. The smallest absolute Gasteiger partial charge is 0.317 e. The van der Waals surface area contributed by atoms with Crippen LogP contribution in [0.15, 0.2) is 24.3 Å². The van der Waals surface area contributed by atoms with Gasteiger partial charge in [0.2, 0.25) is 5.91 Å². The zero-order chi connectivity index (χ0) is 20.5. The summed E-state index contributed by atoms with van der Waals surface area (Å²) in [4.78, 5) is 38.9. The third kappa shape index (κ3) is 7.50. The van der Waals surface area contributed by atoms with E-state index in [4.69, 9.17) is 15.9 Å². The van der Waals surface area contributed by atoms with Crippen molar-refractivity contribution in [3.63, 3.8) is 0 Å². The molecule has 0 saturated carbocycles. The second-order valence-electron chi connectivity index (χ2n) is 6.46. The summed E-state index contributed by atoms with van der Waals surface area (Å²) in [7, 11) is 0. The standard InChI is InChI=1S/C18H27N5O5.ClH/c19-9-13-1-3-14(4-2-13)10-21-18(28)23-7-5-22(6-8-23)16(26)11-20-17(27)15(25)12-24;/h1-4,15,24-25H,5-12,19H2,(H,20,27)(H,21,28);1H. The molecule has 1 aliphatic heterocycles. The number of nitrogens with zero attached hydrogens (tertiary/aromatic N) is 2. The Morgan fingerprint density at radius 3 is 2.10 bits per heavy atom. The molecule has 1 aliphatic rings. The summed E-state index contributed by atoms with van der Waals surface area (Å²) in [5.74, 6) is -1.10. The van der Waals surface area contributed by atoms with Gasteiger partial charge in [-0.3, -0.25) is 9.59 Å². The van der Waals surface area contributed by atoms with Gasteiger partial charge in [0.25, 0.3) is 5.91 Å². The third-order valence-corrected chi connectivity index (χ3v) is 4.51. The molecule has 1 unspecified atom stereocenters. The molecule has 4 amide bonds. The Bertz CT molecular complexity index is 680. The number of hydrogen-bond donors (Lipinski definition) is 5. The highest BCUT2D eigenvalue weighted by Gasteiger charge is 2.24. The van der Waals surface area contributed by atoms with Crippen molar-refractivity contribution in [3.05, 3.63) is 35.4 Å². The molecule has 2 rings (SSSR count). The van der Waals surface area contributed by atoms with E-state index >= 15 is 0 Å². The molecular formula is C18H28ClN5O5. The minimum absolute atomic E-state index is 0. The average Bonchev–Trinajstić information content (AvgIpc) is 2.75. The first-order valence-electron chi connectivity index (χ1n) is 9.09. The molecule has 1 atom stereocenters. The van der Waals surface area contributed by atoms with Crippen LogP contribution >= 0.6 is 12.4 Å². The average molecular weight is 430 g/mol. The van der Waals surface area contributed by atoms with Gasteiger partial charge in [0.05, 0.1) is 13.2 Å². The molecule has 1 saturated heterocycles. The number of urea groups is 1. The van der Waals surface area contributed by atoms with E-state index in [1.807, 2.05) is 24.3 Å². The van der Waals surface area contributed by atoms with E-state index in [0.29, 0.717) is 39.3 Å². The van der Waals surface area contributed by atoms with Crippen molar-refractivity contribution in [2.45, 2.75) is 19.2 Å². The van der Waals surface area contributed by atoms with Crippen LogP contribution in [0.2, 0.25) is 0 Å². The van der Waals surface area contributed by atoms with E-state index in [9.17, 15) is 14.4 Å². The minimum atomic E-state index is -1.54. The Morgan fingerprint density at radius 2 is 1.55 bits per heavy atom. The number of hydrogen-bond acceptors (Lipinski definition) is 6. The Hall–Kier alpha value is -2.40. The highest BCUT2D eigenvalue weighted by atomic mass is 35.5. The van der Waals surface area contributed by atoms with Gasteiger partial charge in [0.1, 0.15) is 0 Å². The highest BCUT2D eigenvalue weighted by Crippen LogP contribution is 2.05. The Labute approximate surface area is 175 Å². The van der Waals surface area contributed by atoms with Crippen molar-refractivity contribution < 1.29 is 24.6 Å². The van der Waals surface area contributed by atoms with Gasteiger partial charge in [-0.15, -0.1) is 12.4 Å². The highest BCUT2D eigenvalue weighted by molar-refractivity contribution is 5.87. The fourth-order valence-corrected chi connectivity index (χ4v) is 2.72. The van der Waals surface area contributed by atoms with Gasteiger partial charge in [-0.25, -0.2) is 4.79 Å². The maximum absolute atomic E-state index is 12.3. The lowest BCUT2D eigenvalue weighted by Gasteiger charge is -2.34. The van der Waals surface area contributed by atoms with E-state index in [-0.39, 0.29) is 30.9 Å². The lowest BCUT2D eigenvalue weighted by Crippen LogP contribution is -2.54. The predicted molar refractivity (Wildman–Crippen MR) is 108 cm³/mol. The van der Waals surface area contributed by atoms with Crippen molar-refractivity contribution >= 4 is 30.3 Å². The molecule has 1 fully saturated rings. The van der Waals surface area contributed by atoms with Crippen LogP contribution in [0.25, 0.3) is 0 Å². The van der Waals surface area contributed by atoms with Crippen molar-refractivity contribution in [1.82, 2.24) is 20.4 Å². The molecule has 1 aromatic carbocycles. The summed E-state index contributed by atoms with van der Waals surface area (Å²) < 4.78 is 0. The van der Waals surface area contributed by atoms with Crippen molar-refractivity contribution in [3.8, 4) is 0 Å². The summed E-state index contributed by atoms with van der Waals surface area (Å²) in [5, 5.41) is 23.0. The number of piperazine rings is 1. The summed E-state index contributed by atoms with van der Waals surface area (Å²) in [6.45, 7) is 1.40. The maximum atomic E-state index is 12.3. The molecule has 1 heterocycles. The molecule has 0 spiro atoms. The number of aliphatic hydroxyl groups excluding tert-OH is 2. The van der Waals surface area contributed by atoms with Gasteiger partial charge in [-0.05, 0) is 11.1 Å². The molecule has 11 heteroatoms. The van der Waals surface area contributed by atoms with Crippen LogP contribution in [0, 0.1) is 0 Å². The summed E-state index contributed by atoms with van der Waals surface area (Å²) in [6.07, 6.45) is -1.54. The van der Waals surface area contributed by atoms with Gasteiger partial charge in [-0.2, -0.15) is 0 Å². The maximum Gasteiger partial charge on any atom is 0.317 e. The van der Waals surface area contributed by atoms with Crippen LogP contribution < -0.4 is 16.4 Å². The number of aliphatic hydroxyl groups is 2. The van der Waals surface area contributed by atoms with Gasteiger partial charge in [-0.1, -0.05) is 24.3 Å². The lowest BCUT2D eigenvalue weighted by atomic mass is 10.1. The minimum Gasteiger partial charge on any atom is -0.393 e. The summed E-state index contributed by atoms with van der Waals surface area (Å²) in [5.41, 5.74) is 7.56. The molecule has 10 nitrogen and oxygen atoms in total. The Morgan fingerprint density at radius 1 is 1.00 bits per heavy atom. The molecule has 162 valence electrons. The number of nitrogens with two attached hydrogens (primary N) is 1. The molecule has 0 aromatic heterocycles. The van der Waals surface area contributed by atoms with Crippen molar-refractivity contribution in [1.29, 1.82) is 0 Å². The first kappa shape index (κ1) is 24.6. The van der Waals surface area contributed by atoms with Gasteiger partial charge >= 0.3 is 6.03 Å². The summed E-state index contributed by atoms with van der Waals surface area (Å²) >= 11 is 0. The number of rotatable bonds is 7. The second kappa shape index (κ2) is 12.2. The SMILES string of the molecule is Cl.NCc1ccc(CNC(=O)N2CCN(C(=O)CNC(=O)C(O)CO)CC2)cc1. The molecular weight excluding hydrogens is 402 g/mol. The first-order chi connectivity index (χ1) is 13.4. The first-order valence-corrected chi connectivity index (χ1v) is 9.09. The van der Waals surface area contributed by atoms with Gasteiger partial charge in [0.15, 0.2) is 6.10 Å². The van der Waals surface area contributed by atoms with Crippen LogP contribution in [0.5, 0.6) is 0 Å².